The van der Waals surface area contributed by atoms with Crippen LogP contribution in [0.2, 0.25) is 0 Å². The minimum Gasteiger partial charge on any atom is -0.379 e. The van der Waals surface area contributed by atoms with Crippen LogP contribution in [0.4, 0.5) is 0 Å². The van der Waals surface area contributed by atoms with Crippen LogP contribution in [0.3, 0.4) is 0 Å². The fourth-order valence-electron chi connectivity index (χ4n) is 2.65. The van der Waals surface area contributed by atoms with Gasteiger partial charge in [0.15, 0.2) is 5.96 Å². The van der Waals surface area contributed by atoms with Gasteiger partial charge in [-0.15, -0.1) is 0 Å². The van der Waals surface area contributed by atoms with Crippen molar-refractivity contribution in [2.24, 2.45) is 4.99 Å². The average molecular weight is 328 g/mol. The van der Waals surface area contributed by atoms with Crippen LogP contribution in [0.25, 0.3) is 0 Å². The topological polar surface area (TPSA) is 67.4 Å². The first kappa shape index (κ1) is 18.4. The number of guanidine groups is 1. The molecule has 0 bridgehead atoms. The van der Waals surface area contributed by atoms with Gasteiger partial charge in [0, 0.05) is 52.5 Å². The fourth-order valence-corrected chi connectivity index (χ4v) is 2.65. The van der Waals surface area contributed by atoms with Crippen LogP contribution in [0, 0.1) is 0 Å². The standard InChI is InChI=1S/C16H32N4O3/c1-2-17-16(19-6-7-20-8-12-21-13-9-20)18-5-3-10-23-15-4-11-22-14-15/h15H,2-14H2,1H3,(H2,17,18,19). The van der Waals surface area contributed by atoms with E-state index in [2.05, 4.69) is 27.4 Å². The highest BCUT2D eigenvalue weighted by molar-refractivity contribution is 5.79. The zero-order valence-electron chi connectivity index (χ0n) is 14.4. The van der Waals surface area contributed by atoms with E-state index >= 15 is 0 Å². The van der Waals surface area contributed by atoms with Gasteiger partial charge in [-0.25, -0.2) is 0 Å². The van der Waals surface area contributed by atoms with Crippen LogP contribution >= 0.6 is 0 Å². The van der Waals surface area contributed by atoms with Crippen LogP contribution in [0.15, 0.2) is 4.99 Å². The molecule has 2 rings (SSSR count). The number of nitrogens with zero attached hydrogens (tertiary/aromatic N) is 2. The van der Waals surface area contributed by atoms with E-state index < -0.39 is 0 Å². The van der Waals surface area contributed by atoms with Crippen LogP contribution in [0.5, 0.6) is 0 Å². The Kier molecular flexibility index (Phi) is 9.32. The summed E-state index contributed by atoms with van der Waals surface area (Å²) in [6.07, 6.45) is 2.25. The van der Waals surface area contributed by atoms with E-state index in [4.69, 9.17) is 14.2 Å². The van der Waals surface area contributed by atoms with E-state index in [1.807, 2.05) is 0 Å². The second kappa shape index (κ2) is 11.6. The molecule has 0 radical (unpaired) electrons. The number of ether oxygens (including phenoxy) is 3. The van der Waals surface area contributed by atoms with Gasteiger partial charge in [-0.3, -0.25) is 9.89 Å². The molecule has 7 heteroatoms. The summed E-state index contributed by atoms with van der Waals surface area (Å²) < 4.78 is 16.4. The van der Waals surface area contributed by atoms with Gasteiger partial charge in [0.05, 0.1) is 25.9 Å². The van der Waals surface area contributed by atoms with E-state index in [0.29, 0.717) is 6.10 Å². The molecule has 134 valence electrons. The van der Waals surface area contributed by atoms with Crippen molar-refractivity contribution in [2.75, 3.05) is 72.3 Å². The minimum atomic E-state index is 0.291. The van der Waals surface area contributed by atoms with Crippen LogP contribution < -0.4 is 10.6 Å². The smallest absolute Gasteiger partial charge is 0.191 e. The van der Waals surface area contributed by atoms with Crippen LogP contribution in [-0.4, -0.2) is 89.3 Å². The van der Waals surface area contributed by atoms with Gasteiger partial charge >= 0.3 is 0 Å². The van der Waals surface area contributed by atoms with Crippen LogP contribution in [0.1, 0.15) is 19.8 Å². The Bertz CT molecular complexity index is 329. The molecule has 0 saturated carbocycles. The molecule has 2 aliphatic rings. The van der Waals surface area contributed by atoms with Gasteiger partial charge in [0.1, 0.15) is 0 Å². The maximum Gasteiger partial charge on any atom is 0.191 e. The number of hydrogen-bond donors (Lipinski definition) is 2. The Balaban J connectivity index is 1.55. The molecule has 2 N–H and O–H groups in total. The lowest BCUT2D eigenvalue weighted by Gasteiger charge is -2.26. The zero-order chi connectivity index (χ0) is 16.2. The number of rotatable bonds is 9. The summed E-state index contributed by atoms with van der Waals surface area (Å²) in [5.74, 6) is 0.893. The molecule has 7 nitrogen and oxygen atoms in total. The van der Waals surface area contributed by atoms with Gasteiger partial charge < -0.3 is 24.8 Å². The van der Waals surface area contributed by atoms with Crippen molar-refractivity contribution in [1.82, 2.24) is 15.5 Å². The Morgan fingerprint density at radius 1 is 1.22 bits per heavy atom. The minimum absolute atomic E-state index is 0.291. The molecular weight excluding hydrogens is 296 g/mol. The summed E-state index contributed by atoms with van der Waals surface area (Å²) in [7, 11) is 0. The number of nitrogens with one attached hydrogen (secondary N) is 2. The quantitative estimate of drug-likeness (QED) is 0.355. The molecule has 23 heavy (non-hydrogen) atoms. The number of hydrogen-bond acceptors (Lipinski definition) is 5. The summed E-state index contributed by atoms with van der Waals surface area (Å²) in [5.41, 5.74) is 0. The monoisotopic (exact) mass is 328 g/mol. The molecule has 2 fully saturated rings. The predicted molar refractivity (Wildman–Crippen MR) is 91.0 cm³/mol. The van der Waals surface area contributed by atoms with E-state index in [9.17, 15) is 0 Å². The SMILES string of the molecule is CCNC(=NCCCOC1CCOC1)NCCN1CCOCC1. The molecular formula is C16H32N4O3. The lowest BCUT2D eigenvalue weighted by atomic mass is 10.3. The van der Waals surface area contributed by atoms with Gasteiger partial charge in [-0.2, -0.15) is 0 Å². The summed E-state index contributed by atoms with van der Waals surface area (Å²) in [4.78, 5) is 7.01. The molecule has 0 aromatic rings. The van der Waals surface area contributed by atoms with Crippen LogP contribution in [-0.2, 0) is 14.2 Å². The lowest BCUT2D eigenvalue weighted by molar-refractivity contribution is 0.0389. The molecule has 0 aliphatic carbocycles. The summed E-state index contributed by atoms with van der Waals surface area (Å²) in [6.45, 7) is 11.7. The Morgan fingerprint density at radius 3 is 2.83 bits per heavy atom. The summed E-state index contributed by atoms with van der Waals surface area (Å²) in [6, 6.07) is 0. The Morgan fingerprint density at radius 2 is 2.09 bits per heavy atom. The average Bonchev–Trinajstić information content (AvgIpc) is 3.09. The molecule has 0 aromatic heterocycles. The highest BCUT2D eigenvalue weighted by Gasteiger charge is 2.15. The highest BCUT2D eigenvalue weighted by atomic mass is 16.5. The number of aliphatic imine (C=N–C) groups is 1. The van der Waals surface area contributed by atoms with Crippen molar-refractivity contribution in [2.45, 2.75) is 25.9 Å². The summed E-state index contributed by atoms with van der Waals surface area (Å²) >= 11 is 0. The zero-order valence-corrected chi connectivity index (χ0v) is 14.4. The molecule has 2 heterocycles. The second-order valence-electron chi connectivity index (χ2n) is 5.85. The molecule has 0 spiro atoms. The van der Waals surface area contributed by atoms with Crippen molar-refractivity contribution in [3.63, 3.8) is 0 Å². The first-order chi connectivity index (χ1) is 11.4. The number of morpholine rings is 1. The third kappa shape index (κ3) is 7.97. The molecule has 1 atom stereocenters. The van der Waals surface area contributed by atoms with Gasteiger partial charge in [0.2, 0.25) is 0 Å². The van der Waals surface area contributed by atoms with Crippen molar-refractivity contribution >= 4 is 5.96 Å². The lowest BCUT2D eigenvalue weighted by Crippen LogP contribution is -2.44. The molecule has 1 unspecified atom stereocenters. The Labute approximate surface area is 139 Å². The normalized spacial score (nSPS) is 23.2. The Hall–Kier alpha value is -0.890. The van der Waals surface area contributed by atoms with Crippen molar-refractivity contribution < 1.29 is 14.2 Å². The first-order valence-corrected chi connectivity index (χ1v) is 8.90. The molecule has 0 aromatic carbocycles. The van der Waals surface area contributed by atoms with E-state index in [-0.39, 0.29) is 0 Å². The molecule has 2 saturated heterocycles. The van der Waals surface area contributed by atoms with Crippen molar-refractivity contribution in [3.8, 4) is 0 Å². The fraction of sp³-hybridized carbons (Fsp3) is 0.938. The van der Waals surface area contributed by atoms with Crippen molar-refractivity contribution in [3.05, 3.63) is 0 Å². The van der Waals surface area contributed by atoms with Gasteiger partial charge in [0.25, 0.3) is 0 Å². The predicted octanol–water partition coefficient (Wildman–Crippen LogP) is 0.0693. The molecule has 2 aliphatic heterocycles. The van der Waals surface area contributed by atoms with Crippen molar-refractivity contribution in [1.29, 1.82) is 0 Å². The molecule has 0 amide bonds. The third-order valence-corrected chi connectivity index (χ3v) is 3.98. The maximum absolute atomic E-state index is 5.75. The maximum atomic E-state index is 5.75. The first-order valence-electron chi connectivity index (χ1n) is 8.90. The second-order valence-corrected chi connectivity index (χ2v) is 5.85. The largest absolute Gasteiger partial charge is 0.379 e. The van der Waals surface area contributed by atoms with E-state index in [0.717, 1.165) is 91.1 Å². The highest BCUT2D eigenvalue weighted by Crippen LogP contribution is 2.08. The third-order valence-electron chi connectivity index (χ3n) is 3.98. The van der Waals surface area contributed by atoms with E-state index in [1.165, 1.54) is 0 Å². The van der Waals surface area contributed by atoms with Gasteiger partial charge in [-0.1, -0.05) is 0 Å². The van der Waals surface area contributed by atoms with Gasteiger partial charge in [-0.05, 0) is 19.8 Å². The van der Waals surface area contributed by atoms with E-state index in [1.54, 1.807) is 0 Å². The summed E-state index contributed by atoms with van der Waals surface area (Å²) in [5, 5.41) is 6.68.